The number of hydrogen-bond acceptors (Lipinski definition) is 1. The summed E-state index contributed by atoms with van der Waals surface area (Å²) < 4.78 is 0. The van der Waals surface area contributed by atoms with Gasteiger partial charge in [0.2, 0.25) is 0 Å². The van der Waals surface area contributed by atoms with Crippen molar-refractivity contribution in [2.75, 3.05) is 0 Å². The minimum atomic E-state index is 0.0619. The minimum absolute atomic E-state index is 0.0619. The molecule has 0 aliphatic heterocycles. The maximum atomic E-state index is 6.15. The van der Waals surface area contributed by atoms with Gasteiger partial charge in [0.15, 0.2) is 0 Å². The van der Waals surface area contributed by atoms with Gasteiger partial charge in [-0.15, -0.1) is 0 Å². The summed E-state index contributed by atoms with van der Waals surface area (Å²) in [7, 11) is 0. The van der Waals surface area contributed by atoms with E-state index in [2.05, 4.69) is 27.7 Å². The third-order valence-electron chi connectivity index (χ3n) is 3.80. The van der Waals surface area contributed by atoms with E-state index < -0.39 is 0 Å². The maximum absolute atomic E-state index is 6.15. The highest BCUT2D eigenvalue weighted by atomic mass is 14.8. The molecule has 0 aromatic heterocycles. The van der Waals surface area contributed by atoms with Crippen LogP contribution in [0, 0.1) is 11.3 Å². The Balaban J connectivity index is 2.84. The lowest BCUT2D eigenvalue weighted by Gasteiger charge is -2.37. The van der Waals surface area contributed by atoms with Crippen LogP contribution in [0.2, 0.25) is 0 Å². The molecule has 0 radical (unpaired) electrons. The lowest BCUT2D eigenvalue weighted by Crippen LogP contribution is -2.47. The summed E-state index contributed by atoms with van der Waals surface area (Å²) in [5.74, 6) is 0.780. The fourth-order valence-electron chi connectivity index (χ4n) is 1.76. The van der Waals surface area contributed by atoms with Crippen LogP contribution in [-0.2, 0) is 0 Å². The standard InChI is InChI=1S/C9H19N/c1-7-5-6-9(4,10)8(7,2)3/h7H,5-6,10H2,1-4H3. The first-order valence-corrected chi connectivity index (χ1v) is 4.17. The molecule has 0 bridgehead atoms. The average Bonchev–Trinajstić information content (AvgIpc) is 1.94. The van der Waals surface area contributed by atoms with Crippen LogP contribution in [0.15, 0.2) is 0 Å². The predicted molar refractivity (Wildman–Crippen MR) is 44.8 cm³/mol. The van der Waals surface area contributed by atoms with Gasteiger partial charge in [-0.2, -0.15) is 0 Å². The van der Waals surface area contributed by atoms with Gasteiger partial charge in [0, 0.05) is 5.54 Å². The monoisotopic (exact) mass is 141 g/mol. The molecule has 0 spiro atoms. The second-order valence-corrected chi connectivity index (χ2v) is 4.58. The van der Waals surface area contributed by atoms with E-state index >= 15 is 0 Å². The summed E-state index contributed by atoms with van der Waals surface area (Å²) in [5, 5.41) is 0. The van der Waals surface area contributed by atoms with Gasteiger partial charge < -0.3 is 5.73 Å². The predicted octanol–water partition coefficient (Wildman–Crippen LogP) is 2.16. The van der Waals surface area contributed by atoms with Crippen LogP contribution >= 0.6 is 0 Å². The summed E-state index contributed by atoms with van der Waals surface area (Å²) in [5.41, 5.74) is 6.53. The molecule has 1 heteroatoms. The van der Waals surface area contributed by atoms with Crippen molar-refractivity contribution in [3.63, 3.8) is 0 Å². The van der Waals surface area contributed by atoms with Gasteiger partial charge in [-0.05, 0) is 31.1 Å². The molecule has 0 aromatic rings. The molecule has 2 atom stereocenters. The normalized spacial score (nSPS) is 45.9. The summed E-state index contributed by atoms with van der Waals surface area (Å²) in [4.78, 5) is 0. The van der Waals surface area contributed by atoms with Crippen molar-refractivity contribution < 1.29 is 0 Å². The van der Waals surface area contributed by atoms with E-state index in [1.807, 2.05) is 0 Å². The molecule has 0 amide bonds. The SMILES string of the molecule is CC1CCC(C)(N)C1(C)C. The highest BCUT2D eigenvalue weighted by Crippen LogP contribution is 2.47. The van der Waals surface area contributed by atoms with Crippen molar-refractivity contribution in [2.45, 2.75) is 46.1 Å². The summed E-state index contributed by atoms with van der Waals surface area (Å²) in [6, 6.07) is 0. The van der Waals surface area contributed by atoms with Crippen molar-refractivity contribution in [1.82, 2.24) is 0 Å². The first kappa shape index (κ1) is 8.06. The van der Waals surface area contributed by atoms with Crippen molar-refractivity contribution in [2.24, 2.45) is 17.1 Å². The summed E-state index contributed by atoms with van der Waals surface area (Å²) in [6.45, 7) is 9.05. The minimum Gasteiger partial charge on any atom is -0.325 e. The second kappa shape index (κ2) is 1.97. The van der Waals surface area contributed by atoms with Crippen LogP contribution in [0.1, 0.15) is 40.5 Å². The zero-order valence-electron chi connectivity index (χ0n) is 7.57. The lowest BCUT2D eigenvalue weighted by molar-refractivity contribution is 0.176. The first-order chi connectivity index (χ1) is 4.38. The van der Waals surface area contributed by atoms with E-state index in [-0.39, 0.29) is 5.54 Å². The van der Waals surface area contributed by atoms with E-state index in [4.69, 9.17) is 5.73 Å². The molecule has 1 rings (SSSR count). The molecular weight excluding hydrogens is 122 g/mol. The maximum Gasteiger partial charge on any atom is 0.0180 e. The number of nitrogens with two attached hydrogens (primary N) is 1. The molecule has 1 aliphatic carbocycles. The molecule has 1 aliphatic rings. The van der Waals surface area contributed by atoms with Crippen LogP contribution in [0.3, 0.4) is 0 Å². The Morgan fingerprint density at radius 3 is 1.90 bits per heavy atom. The molecule has 2 N–H and O–H groups in total. The number of hydrogen-bond donors (Lipinski definition) is 1. The smallest absolute Gasteiger partial charge is 0.0180 e. The molecule has 60 valence electrons. The number of rotatable bonds is 0. The Morgan fingerprint density at radius 2 is 1.80 bits per heavy atom. The zero-order chi connectivity index (χ0) is 7.99. The fraction of sp³-hybridized carbons (Fsp3) is 1.00. The van der Waals surface area contributed by atoms with E-state index in [0.29, 0.717) is 5.41 Å². The van der Waals surface area contributed by atoms with Crippen LogP contribution in [0.25, 0.3) is 0 Å². The highest BCUT2D eigenvalue weighted by molar-refractivity contribution is 5.02. The average molecular weight is 141 g/mol. The molecule has 10 heavy (non-hydrogen) atoms. The van der Waals surface area contributed by atoms with Gasteiger partial charge in [-0.1, -0.05) is 20.8 Å². The van der Waals surface area contributed by atoms with Crippen molar-refractivity contribution >= 4 is 0 Å². The zero-order valence-corrected chi connectivity index (χ0v) is 7.57. The highest BCUT2D eigenvalue weighted by Gasteiger charge is 2.46. The Morgan fingerprint density at radius 1 is 1.30 bits per heavy atom. The second-order valence-electron chi connectivity index (χ2n) is 4.58. The molecular formula is C9H19N. The van der Waals surface area contributed by atoms with Gasteiger partial charge in [0.05, 0.1) is 0 Å². The van der Waals surface area contributed by atoms with Crippen molar-refractivity contribution in [3.05, 3.63) is 0 Å². The van der Waals surface area contributed by atoms with E-state index in [1.54, 1.807) is 0 Å². The molecule has 1 fully saturated rings. The Bertz CT molecular complexity index is 136. The molecule has 0 aromatic carbocycles. The topological polar surface area (TPSA) is 26.0 Å². The fourth-order valence-corrected chi connectivity index (χ4v) is 1.76. The Hall–Kier alpha value is -0.0400. The largest absolute Gasteiger partial charge is 0.325 e. The van der Waals surface area contributed by atoms with Crippen molar-refractivity contribution in [3.8, 4) is 0 Å². The molecule has 0 heterocycles. The Kier molecular flexibility index (Phi) is 1.59. The van der Waals surface area contributed by atoms with E-state index in [0.717, 1.165) is 5.92 Å². The van der Waals surface area contributed by atoms with E-state index in [1.165, 1.54) is 12.8 Å². The summed E-state index contributed by atoms with van der Waals surface area (Å²) >= 11 is 0. The van der Waals surface area contributed by atoms with E-state index in [9.17, 15) is 0 Å². The van der Waals surface area contributed by atoms with Gasteiger partial charge in [-0.3, -0.25) is 0 Å². The van der Waals surface area contributed by atoms with Gasteiger partial charge in [-0.25, -0.2) is 0 Å². The molecule has 2 unspecified atom stereocenters. The van der Waals surface area contributed by atoms with Gasteiger partial charge in [0.1, 0.15) is 0 Å². The third-order valence-corrected chi connectivity index (χ3v) is 3.80. The first-order valence-electron chi connectivity index (χ1n) is 4.17. The molecule has 0 saturated heterocycles. The van der Waals surface area contributed by atoms with Crippen LogP contribution in [-0.4, -0.2) is 5.54 Å². The van der Waals surface area contributed by atoms with Crippen molar-refractivity contribution in [1.29, 1.82) is 0 Å². The van der Waals surface area contributed by atoms with Gasteiger partial charge >= 0.3 is 0 Å². The third kappa shape index (κ3) is 0.878. The lowest BCUT2D eigenvalue weighted by atomic mass is 9.72. The van der Waals surface area contributed by atoms with Gasteiger partial charge in [0.25, 0.3) is 0 Å². The summed E-state index contributed by atoms with van der Waals surface area (Å²) in [6.07, 6.45) is 2.47. The molecule has 1 saturated carbocycles. The van der Waals surface area contributed by atoms with Crippen LogP contribution < -0.4 is 5.73 Å². The van der Waals surface area contributed by atoms with Crippen LogP contribution in [0.5, 0.6) is 0 Å². The Labute approximate surface area is 64.0 Å². The van der Waals surface area contributed by atoms with Crippen LogP contribution in [0.4, 0.5) is 0 Å². The quantitative estimate of drug-likeness (QED) is 0.549. The molecule has 1 nitrogen and oxygen atoms in total.